The molecule has 25 heavy (non-hydrogen) atoms. The Bertz CT molecular complexity index is 1040. The van der Waals surface area contributed by atoms with E-state index in [1.54, 1.807) is 17.8 Å². The predicted octanol–water partition coefficient (Wildman–Crippen LogP) is 1.73. The molecule has 3 heterocycles. The molecule has 0 bridgehead atoms. The molecule has 0 spiro atoms. The van der Waals surface area contributed by atoms with Crippen molar-refractivity contribution in [3.63, 3.8) is 0 Å². The van der Waals surface area contributed by atoms with E-state index in [1.165, 1.54) is 4.57 Å². The number of aromatic nitrogens is 5. The van der Waals surface area contributed by atoms with Crippen LogP contribution in [0.4, 0.5) is 5.82 Å². The fourth-order valence-corrected chi connectivity index (χ4v) is 3.03. The van der Waals surface area contributed by atoms with Crippen LogP contribution in [0.3, 0.4) is 0 Å². The molecule has 0 amide bonds. The van der Waals surface area contributed by atoms with E-state index in [0.29, 0.717) is 23.5 Å². The first-order valence-corrected chi connectivity index (χ1v) is 8.53. The molecule has 3 aromatic heterocycles. The van der Waals surface area contributed by atoms with Gasteiger partial charge in [0.05, 0.1) is 0 Å². The van der Waals surface area contributed by atoms with Gasteiger partial charge in [-0.15, -0.1) is 0 Å². The van der Waals surface area contributed by atoms with Crippen LogP contribution in [0.25, 0.3) is 22.6 Å². The second-order valence-corrected chi connectivity index (χ2v) is 6.31. The average molecular weight is 340 g/mol. The Morgan fingerprint density at radius 2 is 2.12 bits per heavy atom. The van der Waals surface area contributed by atoms with Crippen molar-refractivity contribution in [2.24, 2.45) is 0 Å². The maximum atomic E-state index is 12.8. The van der Waals surface area contributed by atoms with E-state index in [-0.39, 0.29) is 17.3 Å². The second-order valence-electron chi connectivity index (χ2n) is 6.31. The van der Waals surface area contributed by atoms with E-state index >= 15 is 0 Å². The predicted molar refractivity (Wildman–Crippen MR) is 96.0 cm³/mol. The quantitative estimate of drug-likeness (QED) is 0.737. The molecule has 1 aliphatic rings. The molecule has 4 rings (SSSR count). The zero-order valence-electron chi connectivity index (χ0n) is 14.2. The number of fused-ring (bicyclic) bond motifs is 1. The number of nitrogens with one attached hydrogen (secondary N) is 2. The molecule has 130 valence electrons. The molecule has 2 N–H and O–H groups in total. The van der Waals surface area contributed by atoms with Gasteiger partial charge in [-0.2, -0.15) is 0 Å². The van der Waals surface area contributed by atoms with Crippen LogP contribution >= 0.6 is 0 Å². The maximum absolute atomic E-state index is 12.8. The lowest BCUT2D eigenvalue weighted by Gasteiger charge is -2.09. The molecule has 3 aromatic rings. The molecule has 0 atom stereocenters. The van der Waals surface area contributed by atoms with Crippen LogP contribution in [0, 0.1) is 0 Å². The number of imidazole rings is 1. The third-order valence-corrected chi connectivity index (χ3v) is 4.46. The lowest BCUT2D eigenvalue weighted by atomic mass is 10.3. The SMILES string of the molecule is CCCn1c(=O)n(C2CC2)c(=O)c2[nH]c(-c3ccc(NC)nc3)nc21. The Kier molecular flexibility index (Phi) is 3.67. The minimum absolute atomic E-state index is 0.0239. The van der Waals surface area contributed by atoms with Crippen molar-refractivity contribution < 1.29 is 0 Å². The van der Waals surface area contributed by atoms with E-state index in [2.05, 4.69) is 20.3 Å². The highest BCUT2D eigenvalue weighted by molar-refractivity contribution is 5.75. The van der Waals surface area contributed by atoms with Gasteiger partial charge in [0.15, 0.2) is 5.65 Å². The van der Waals surface area contributed by atoms with Crippen molar-refractivity contribution in [2.45, 2.75) is 38.8 Å². The van der Waals surface area contributed by atoms with Crippen LogP contribution < -0.4 is 16.6 Å². The summed E-state index contributed by atoms with van der Waals surface area (Å²) in [6.45, 7) is 2.53. The number of aryl methyl sites for hydroxylation is 1. The van der Waals surface area contributed by atoms with Crippen LogP contribution in [0.2, 0.25) is 0 Å². The van der Waals surface area contributed by atoms with Gasteiger partial charge >= 0.3 is 5.69 Å². The van der Waals surface area contributed by atoms with Crippen LogP contribution in [0.5, 0.6) is 0 Å². The molecule has 0 aliphatic heterocycles. The fraction of sp³-hybridized carbons (Fsp3) is 0.412. The van der Waals surface area contributed by atoms with Crippen LogP contribution in [-0.4, -0.2) is 31.1 Å². The van der Waals surface area contributed by atoms with E-state index in [1.807, 2.05) is 19.1 Å². The minimum Gasteiger partial charge on any atom is -0.373 e. The smallest absolute Gasteiger partial charge is 0.333 e. The summed E-state index contributed by atoms with van der Waals surface area (Å²) < 4.78 is 2.98. The number of H-pyrrole nitrogens is 1. The first-order chi connectivity index (χ1) is 12.1. The number of anilines is 1. The van der Waals surface area contributed by atoms with Gasteiger partial charge in [0.25, 0.3) is 5.56 Å². The van der Waals surface area contributed by atoms with E-state index in [4.69, 9.17) is 0 Å². The molecule has 0 unspecified atom stereocenters. The molecular weight excluding hydrogens is 320 g/mol. The topological polar surface area (TPSA) is 97.6 Å². The highest BCUT2D eigenvalue weighted by atomic mass is 16.2. The minimum atomic E-state index is -0.284. The fourth-order valence-electron chi connectivity index (χ4n) is 3.03. The van der Waals surface area contributed by atoms with Gasteiger partial charge in [0.2, 0.25) is 0 Å². The van der Waals surface area contributed by atoms with E-state index < -0.39 is 0 Å². The summed E-state index contributed by atoms with van der Waals surface area (Å²) in [5.74, 6) is 1.29. The van der Waals surface area contributed by atoms with Crippen molar-refractivity contribution in [1.29, 1.82) is 0 Å². The Labute approximate surface area is 143 Å². The Balaban J connectivity index is 1.94. The number of aromatic amines is 1. The molecule has 0 saturated heterocycles. The van der Waals surface area contributed by atoms with Crippen molar-refractivity contribution in [3.8, 4) is 11.4 Å². The summed E-state index contributed by atoms with van der Waals surface area (Å²) in [7, 11) is 1.80. The Morgan fingerprint density at radius 1 is 1.32 bits per heavy atom. The lowest BCUT2D eigenvalue weighted by Crippen LogP contribution is -2.39. The Morgan fingerprint density at radius 3 is 2.72 bits per heavy atom. The van der Waals surface area contributed by atoms with Crippen molar-refractivity contribution in [1.82, 2.24) is 24.1 Å². The molecule has 0 radical (unpaired) electrons. The Hall–Kier alpha value is -2.90. The first kappa shape index (κ1) is 15.6. The number of hydrogen-bond donors (Lipinski definition) is 2. The summed E-state index contributed by atoms with van der Waals surface area (Å²) in [6.07, 6.45) is 4.23. The van der Waals surface area contributed by atoms with Crippen molar-refractivity contribution in [3.05, 3.63) is 39.2 Å². The van der Waals surface area contributed by atoms with Gasteiger partial charge in [-0.05, 0) is 31.4 Å². The summed E-state index contributed by atoms with van der Waals surface area (Å²) >= 11 is 0. The van der Waals surface area contributed by atoms with Gasteiger partial charge < -0.3 is 10.3 Å². The zero-order chi connectivity index (χ0) is 17.6. The second kappa shape index (κ2) is 5.87. The largest absolute Gasteiger partial charge is 0.373 e. The molecule has 1 aliphatic carbocycles. The summed E-state index contributed by atoms with van der Waals surface area (Å²) in [4.78, 5) is 37.5. The highest BCUT2D eigenvalue weighted by Gasteiger charge is 2.29. The summed E-state index contributed by atoms with van der Waals surface area (Å²) in [6, 6.07) is 3.73. The maximum Gasteiger partial charge on any atom is 0.333 e. The van der Waals surface area contributed by atoms with Crippen LogP contribution in [0.15, 0.2) is 27.9 Å². The number of pyridine rings is 1. The van der Waals surface area contributed by atoms with Gasteiger partial charge in [0, 0.05) is 31.4 Å². The lowest BCUT2D eigenvalue weighted by molar-refractivity contribution is 0.571. The third-order valence-electron chi connectivity index (χ3n) is 4.46. The van der Waals surface area contributed by atoms with Crippen molar-refractivity contribution in [2.75, 3.05) is 12.4 Å². The van der Waals surface area contributed by atoms with E-state index in [0.717, 1.165) is 30.6 Å². The zero-order valence-corrected chi connectivity index (χ0v) is 14.2. The van der Waals surface area contributed by atoms with Gasteiger partial charge in [-0.25, -0.2) is 14.8 Å². The van der Waals surface area contributed by atoms with Crippen LogP contribution in [-0.2, 0) is 6.54 Å². The molecule has 8 nitrogen and oxygen atoms in total. The molecule has 1 fully saturated rings. The van der Waals surface area contributed by atoms with Crippen molar-refractivity contribution >= 4 is 17.0 Å². The normalized spacial score (nSPS) is 14.2. The number of nitrogens with zero attached hydrogens (tertiary/aromatic N) is 4. The average Bonchev–Trinajstić information content (AvgIpc) is 3.36. The highest BCUT2D eigenvalue weighted by Crippen LogP contribution is 2.32. The first-order valence-electron chi connectivity index (χ1n) is 8.53. The van der Waals surface area contributed by atoms with Gasteiger partial charge in [-0.3, -0.25) is 13.9 Å². The number of rotatable bonds is 5. The van der Waals surface area contributed by atoms with Crippen LogP contribution in [0.1, 0.15) is 32.2 Å². The standard InChI is InChI=1S/C17H20N6O2/c1-3-8-22-15-13(16(24)23(17(22)25)11-5-6-11)20-14(21-15)10-4-7-12(18-2)19-9-10/h4,7,9,11H,3,5-6,8H2,1-2H3,(H,18,19)(H,20,21). The summed E-state index contributed by atoms with van der Waals surface area (Å²) in [5.41, 5.74) is 1.02. The molecule has 1 saturated carbocycles. The molecule has 8 heteroatoms. The van der Waals surface area contributed by atoms with E-state index in [9.17, 15) is 9.59 Å². The van der Waals surface area contributed by atoms with Gasteiger partial charge in [0.1, 0.15) is 17.2 Å². The molecular formula is C17H20N6O2. The number of hydrogen-bond acceptors (Lipinski definition) is 5. The monoisotopic (exact) mass is 340 g/mol. The van der Waals surface area contributed by atoms with Gasteiger partial charge in [-0.1, -0.05) is 6.92 Å². The summed E-state index contributed by atoms with van der Waals surface area (Å²) in [5, 5.41) is 2.96. The molecule has 0 aromatic carbocycles. The third kappa shape index (κ3) is 2.54.